The van der Waals surface area contributed by atoms with Crippen molar-refractivity contribution in [3.8, 4) is 0 Å². The summed E-state index contributed by atoms with van der Waals surface area (Å²) in [7, 11) is 3.40. The van der Waals surface area contributed by atoms with E-state index in [2.05, 4.69) is 19.1 Å². The summed E-state index contributed by atoms with van der Waals surface area (Å²) in [4.78, 5) is 0. The zero-order valence-corrected chi connectivity index (χ0v) is 8.13. The number of rotatable bonds is 2. The van der Waals surface area contributed by atoms with Gasteiger partial charge in [0.25, 0.3) is 0 Å². The van der Waals surface area contributed by atoms with Crippen molar-refractivity contribution in [3.05, 3.63) is 23.8 Å². The Hall–Kier alpha value is -0.600. The minimum Gasteiger partial charge on any atom is -0.374 e. The van der Waals surface area contributed by atoms with Crippen molar-refractivity contribution in [2.75, 3.05) is 14.2 Å². The molecule has 68 valence electrons. The van der Waals surface area contributed by atoms with Gasteiger partial charge in [0.2, 0.25) is 0 Å². The van der Waals surface area contributed by atoms with E-state index in [4.69, 9.17) is 9.47 Å². The maximum Gasteiger partial charge on any atom is 0.113 e. The minimum absolute atomic E-state index is 0.0196. The summed E-state index contributed by atoms with van der Waals surface area (Å²) in [5.41, 5.74) is 0.903. The second kappa shape index (κ2) is 3.42. The molecule has 1 aliphatic rings. The van der Waals surface area contributed by atoms with E-state index in [1.807, 2.05) is 13.0 Å². The first-order chi connectivity index (χ1) is 5.62. The quantitative estimate of drug-likeness (QED) is 0.627. The van der Waals surface area contributed by atoms with Gasteiger partial charge in [-0.25, -0.2) is 0 Å². The summed E-state index contributed by atoms with van der Waals surface area (Å²) in [6, 6.07) is 0. The monoisotopic (exact) mass is 168 g/mol. The summed E-state index contributed by atoms with van der Waals surface area (Å²) in [6.07, 6.45) is 6.18. The van der Waals surface area contributed by atoms with Gasteiger partial charge in [0.05, 0.1) is 0 Å². The molecule has 1 aliphatic carbocycles. The van der Waals surface area contributed by atoms with Gasteiger partial charge in [0.1, 0.15) is 11.7 Å². The SMILES string of the molecule is COC1C=CC(C)=CC1(C)OC. The zero-order valence-electron chi connectivity index (χ0n) is 8.13. The van der Waals surface area contributed by atoms with Crippen LogP contribution in [-0.4, -0.2) is 25.9 Å². The van der Waals surface area contributed by atoms with Crippen molar-refractivity contribution >= 4 is 0 Å². The molecule has 0 fully saturated rings. The van der Waals surface area contributed by atoms with Crippen LogP contribution >= 0.6 is 0 Å². The average Bonchev–Trinajstić information content (AvgIpc) is 2.05. The fourth-order valence-corrected chi connectivity index (χ4v) is 1.50. The summed E-state index contributed by atoms with van der Waals surface area (Å²) in [5, 5.41) is 0. The predicted octanol–water partition coefficient (Wildman–Crippen LogP) is 1.92. The van der Waals surface area contributed by atoms with Crippen LogP contribution in [0, 0.1) is 0 Å². The minimum atomic E-state index is -0.312. The molecule has 1 rings (SSSR count). The maximum atomic E-state index is 5.40. The Morgan fingerprint density at radius 1 is 1.42 bits per heavy atom. The van der Waals surface area contributed by atoms with E-state index in [9.17, 15) is 0 Å². The van der Waals surface area contributed by atoms with E-state index in [1.54, 1.807) is 14.2 Å². The molecule has 0 N–H and O–H groups in total. The van der Waals surface area contributed by atoms with Gasteiger partial charge in [-0.3, -0.25) is 0 Å². The highest BCUT2D eigenvalue weighted by Gasteiger charge is 2.32. The Morgan fingerprint density at radius 3 is 2.58 bits per heavy atom. The van der Waals surface area contributed by atoms with Crippen LogP contribution < -0.4 is 0 Å². The lowest BCUT2D eigenvalue weighted by Crippen LogP contribution is -2.41. The van der Waals surface area contributed by atoms with Crippen LogP contribution in [0.2, 0.25) is 0 Å². The van der Waals surface area contributed by atoms with Gasteiger partial charge >= 0.3 is 0 Å². The second-order valence-corrected chi connectivity index (χ2v) is 3.29. The van der Waals surface area contributed by atoms with Gasteiger partial charge in [-0.15, -0.1) is 0 Å². The molecule has 0 amide bonds. The van der Waals surface area contributed by atoms with E-state index >= 15 is 0 Å². The van der Waals surface area contributed by atoms with Crippen molar-refractivity contribution in [2.45, 2.75) is 25.6 Å². The van der Waals surface area contributed by atoms with E-state index in [1.165, 1.54) is 5.57 Å². The largest absolute Gasteiger partial charge is 0.374 e. The Labute approximate surface area is 73.9 Å². The van der Waals surface area contributed by atoms with E-state index in [-0.39, 0.29) is 11.7 Å². The lowest BCUT2D eigenvalue weighted by molar-refractivity contribution is -0.0547. The van der Waals surface area contributed by atoms with Gasteiger partial charge in [0.15, 0.2) is 0 Å². The van der Waals surface area contributed by atoms with Gasteiger partial charge in [-0.2, -0.15) is 0 Å². The van der Waals surface area contributed by atoms with Crippen LogP contribution in [0.25, 0.3) is 0 Å². The molecule has 0 heterocycles. The summed E-state index contributed by atoms with van der Waals surface area (Å²) < 4.78 is 10.7. The standard InChI is InChI=1S/C10H16O2/c1-8-5-6-9(11-3)10(2,7-8)12-4/h5-7,9H,1-4H3. The number of allylic oxidation sites excluding steroid dienone is 2. The molecule has 0 aliphatic heterocycles. The zero-order chi connectivity index (χ0) is 9.19. The van der Waals surface area contributed by atoms with Crippen LogP contribution in [0.3, 0.4) is 0 Å². The molecule has 2 atom stereocenters. The molecule has 0 saturated carbocycles. The molecule has 0 aromatic rings. The fraction of sp³-hybridized carbons (Fsp3) is 0.600. The molecule has 0 bridgehead atoms. The van der Waals surface area contributed by atoms with E-state index < -0.39 is 0 Å². The Morgan fingerprint density at radius 2 is 2.08 bits per heavy atom. The molecule has 0 aromatic heterocycles. The first-order valence-corrected chi connectivity index (χ1v) is 4.08. The molecule has 2 unspecified atom stereocenters. The second-order valence-electron chi connectivity index (χ2n) is 3.29. The molecule has 0 radical (unpaired) electrons. The molecule has 2 nitrogen and oxygen atoms in total. The predicted molar refractivity (Wildman–Crippen MR) is 49.1 cm³/mol. The molecule has 0 saturated heterocycles. The number of ether oxygens (including phenoxy) is 2. The van der Waals surface area contributed by atoms with Gasteiger partial charge in [-0.05, 0) is 19.9 Å². The maximum absolute atomic E-state index is 5.40. The molecular weight excluding hydrogens is 152 g/mol. The van der Waals surface area contributed by atoms with Crippen LogP contribution in [-0.2, 0) is 9.47 Å². The summed E-state index contributed by atoms with van der Waals surface area (Å²) in [5.74, 6) is 0. The number of hydrogen-bond acceptors (Lipinski definition) is 2. The van der Waals surface area contributed by atoms with Crippen molar-refractivity contribution in [3.63, 3.8) is 0 Å². The first-order valence-electron chi connectivity index (χ1n) is 4.08. The third kappa shape index (κ3) is 1.59. The highest BCUT2D eigenvalue weighted by Crippen LogP contribution is 2.26. The third-order valence-electron chi connectivity index (χ3n) is 2.31. The Bertz CT molecular complexity index is 218. The summed E-state index contributed by atoms with van der Waals surface area (Å²) in [6.45, 7) is 4.08. The number of methoxy groups -OCH3 is 2. The Kier molecular flexibility index (Phi) is 2.70. The van der Waals surface area contributed by atoms with Crippen LogP contribution in [0.5, 0.6) is 0 Å². The van der Waals surface area contributed by atoms with Crippen molar-refractivity contribution < 1.29 is 9.47 Å². The average molecular weight is 168 g/mol. The normalized spacial score (nSPS) is 35.0. The van der Waals surface area contributed by atoms with Gasteiger partial charge in [-0.1, -0.05) is 17.7 Å². The molecule has 0 spiro atoms. The Balaban J connectivity index is 2.88. The van der Waals surface area contributed by atoms with Crippen LogP contribution in [0.15, 0.2) is 23.8 Å². The van der Waals surface area contributed by atoms with Crippen molar-refractivity contribution in [2.24, 2.45) is 0 Å². The molecular formula is C10H16O2. The third-order valence-corrected chi connectivity index (χ3v) is 2.31. The smallest absolute Gasteiger partial charge is 0.113 e. The van der Waals surface area contributed by atoms with Crippen molar-refractivity contribution in [1.82, 2.24) is 0 Å². The van der Waals surface area contributed by atoms with E-state index in [0.717, 1.165) is 0 Å². The highest BCUT2D eigenvalue weighted by atomic mass is 16.5. The lowest BCUT2D eigenvalue weighted by Gasteiger charge is -2.33. The van der Waals surface area contributed by atoms with Gasteiger partial charge < -0.3 is 9.47 Å². The van der Waals surface area contributed by atoms with Crippen LogP contribution in [0.4, 0.5) is 0 Å². The molecule has 12 heavy (non-hydrogen) atoms. The van der Waals surface area contributed by atoms with Crippen molar-refractivity contribution in [1.29, 1.82) is 0 Å². The topological polar surface area (TPSA) is 18.5 Å². The highest BCUT2D eigenvalue weighted by molar-refractivity contribution is 5.29. The molecule has 0 aromatic carbocycles. The van der Waals surface area contributed by atoms with E-state index in [0.29, 0.717) is 0 Å². The lowest BCUT2D eigenvalue weighted by atomic mass is 9.91. The molecule has 2 heteroatoms. The fourth-order valence-electron chi connectivity index (χ4n) is 1.50. The first kappa shape index (κ1) is 9.49. The van der Waals surface area contributed by atoms with Crippen LogP contribution in [0.1, 0.15) is 13.8 Å². The summed E-state index contributed by atoms with van der Waals surface area (Å²) >= 11 is 0. The van der Waals surface area contributed by atoms with Gasteiger partial charge in [0, 0.05) is 14.2 Å². The number of hydrogen-bond donors (Lipinski definition) is 0.